The Morgan fingerprint density at radius 1 is 1.46 bits per heavy atom. The summed E-state index contributed by atoms with van der Waals surface area (Å²) in [5, 5.41) is 7.31. The fourth-order valence-corrected chi connectivity index (χ4v) is 1.03. The fourth-order valence-electron chi connectivity index (χ4n) is 1.03. The number of hydrogen-bond donors (Lipinski definition) is 2. The maximum absolute atomic E-state index is 7.31. The van der Waals surface area contributed by atoms with Gasteiger partial charge in [0.2, 0.25) is 0 Å². The number of rotatable bonds is 4. The van der Waals surface area contributed by atoms with E-state index in [0.29, 0.717) is 17.9 Å². The van der Waals surface area contributed by atoms with Gasteiger partial charge in [-0.25, -0.2) is 0 Å². The van der Waals surface area contributed by atoms with E-state index >= 15 is 0 Å². The first-order chi connectivity index (χ1) is 6.25. The molecule has 3 N–H and O–H groups in total. The molecule has 0 aliphatic rings. The van der Waals surface area contributed by atoms with Gasteiger partial charge in [-0.1, -0.05) is 19.1 Å². The minimum atomic E-state index is 0.0479. The highest BCUT2D eigenvalue weighted by Gasteiger charge is 2.03. The van der Waals surface area contributed by atoms with Crippen LogP contribution in [0.5, 0.6) is 5.75 Å². The van der Waals surface area contributed by atoms with Crippen LogP contribution in [0.25, 0.3) is 0 Å². The average molecular weight is 180 g/mol. The molecule has 0 amide bonds. The molecule has 0 spiro atoms. The molecule has 0 radical (unpaired) electrons. The Balaban J connectivity index is 2.84. The number of benzene rings is 1. The van der Waals surface area contributed by atoms with E-state index < -0.39 is 0 Å². The van der Waals surface area contributed by atoms with Crippen molar-refractivity contribution in [3.63, 3.8) is 0 Å². The summed E-state index contributed by atoms with van der Waals surface area (Å²) in [4.78, 5) is 0. The van der Waals surface area contributed by atoms with Crippen molar-refractivity contribution in [3.05, 3.63) is 29.8 Å². The number of hydrogen-bond acceptors (Lipinski definition) is 2. The van der Waals surface area contributed by atoms with Crippen molar-refractivity contribution in [2.75, 3.05) is 6.61 Å². The number of ether oxygens (including phenoxy) is 1. The van der Waals surface area contributed by atoms with E-state index in [9.17, 15) is 0 Å². The molecule has 0 aliphatic heterocycles. The van der Waals surface area contributed by atoms with E-state index in [4.69, 9.17) is 15.9 Å². The van der Waals surface area contributed by atoms with Crippen LogP contribution in [0.4, 0.5) is 0 Å². The molecule has 13 heavy (non-hydrogen) atoms. The summed E-state index contributed by atoms with van der Waals surface area (Å²) < 4.78 is 5.43. The predicted molar refractivity (Wildman–Crippen MR) is 53.2 cm³/mol. The molecule has 0 aliphatic carbocycles. The van der Waals surface area contributed by atoms with Gasteiger partial charge >= 0.3 is 0 Å². The molecule has 3 nitrogen and oxygen atoms in total. The lowest BCUT2D eigenvalue weighted by molar-refractivity contribution is 0.317. The summed E-state index contributed by atoms with van der Waals surface area (Å²) in [6.07, 6.45) is 0.951. The van der Waals surface area contributed by atoms with Crippen LogP contribution >= 0.6 is 0 Å². The molecule has 70 valence electrons. The minimum absolute atomic E-state index is 0.0479. The highest BCUT2D eigenvalue weighted by molar-refractivity contribution is 5.97. The van der Waals surface area contributed by atoms with Crippen molar-refractivity contribution in [2.24, 2.45) is 5.73 Å². The molecule has 3 heteroatoms. The normalized spacial score (nSPS) is 9.62. The van der Waals surface area contributed by atoms with E-state index in [1.165, 1.54) is 0 Å². The molecular formula is C10H14N2O. The van der Waals surface area contributed by atoms with Crippen LogP contribution in [0.2, 0.25) is 0 Å². The summed E-state index contributed by atoms with van der Waals surface area (Å²) in [6.45, 7) is 2.70. The molecular weight excluding hydrogens is 166 g/mol. The number of nitrogen functional groups attached to an aromatic ring is 1. The summed E-state index contributed by atoms with van der Waals surface area (Å²) in [5.41, 5.74) is 6.05. The zero-order chi connectivity index (χ0) is 9.68. The van der Waals surface area contributed by atoms with Crippen LogP contribution in [0, 0.1) is 5.41 Å². The molecule has 0 bridgehead atoms. The molecule has 1 rings (SSSR count). The quantitative estimate of drug-likeness (QED) is 0.548. The van der Waals surface area contributed by atoms with Crippen LogP contribution in [0.3, 0.4) is 0 Å². The second-order valence-corrected chi connectivity index (χ2v) is 2.76. The van der Waals surface area contributed by atoms with Gasteiger partial charge in [-0.15, -0.1) is 0 Å². The smallest absolute Gasteiger partial charge is 0.130 e. The fraction of sp³-hybridized carbons (Fsp3) is 0.300. The SMILES string of the molecule is CCCOc1ccccc1[14C](=N)N. The van der Waals surface area contributed by atoms with Crippen molar-refractivity contribution < 1.29 is 4.74 Å². The standard InChI is InChI=1S/C10H14N2O/c1-2-7-13-9-6-4-3-5-8(9)10(11)12/h3-6H,2,7H2,1H3,(H3,11,12)/i10+2. The van der Waals surface area contributed by atoms with E-state index in [-0.39, 0.29) is 5.84 Å². The Morgan fingerprint density at radius 3 is 2.77 bits per heavy atom. The maximum Gasteiger partial charge on any atom is 0.130 e. The van der Waals surface area contributed by atoms with Crippen molar-refractivity contribution in [2.45, 2.75) is 13.3 Å². The van der Waals surface area contributed by atoms with Crippen LogP contribution in [0.15, 0.2) is 24.3 Å². The molecule has 1 aromatic carbocycles. The van der Waals surface area contributed by atoms with Crippen LogP contribution in [-0.4, -0.2) is 12.4 Å². The van der Waals surface area contributed by atoms with Crippen molar-refractivity contribution in [3.8, 4) is 5.75 Å². The number of amidine groups is 1. The third-order valence-electron chi connectivity index (χ3n) is 1.64. The number of nitrogens with two attached hydrogens (primary N) is 1. The Bertz CT molecular complexity index is 297. The molecule has 0 fully saturated rings. The van der Waals surface area contributed by atoms with Gasteiger partial charge in [0, 0.05) is 0 Å². The Morgan fingerprint density at radius 2 is 2.15 bits per heavy atom. The van der Waals surface area contributed by atoms with Crippen LogP contribution in [0.1, 0.15) is 18.9 Å². The second kappa shape index (κ2) is 4.50. The first kappa shape index (κ1) is 9.58. The summed E-state index contributed by atoms with van der Waals surface area (Å²) in [6, 6.07) is 7.33. The zero-order valence-electron chi connectivity index (χ0n) is 7.71. The van der Waals surface area contributed by atoms with Crippen molar-refractivity contribution >= 4 is 5.84 Å². The van der Waals surface area contributed by atoms with Gasteiger partial charge < -0.3 is 10.5 Å². The Kier molecular flexibility index (Phi) is 3.31. The molecule has 0 saturated carbocycles. The van der Waals surface area contributed by atoms with E-state index in [1.807, 2.05) is 25.1 Å². The highest BCUT2D eigenvalue weighted by Crippen LogP contribution is 2.16. The van der Waals surface area contributed by atoms with Crippen molar-refractivity contribution in [1.82, 2.24) is 0 Å². The Hall–Kier alpha value is -1.51. The third-order valence-corrected chi connectivity index (χ3v) is 1.64. The van der Waals surface area contributed by atoms with Crippen LogP contribution < -0.4 is 10.5 Å². The van der Waals surface area contributed by atoms with Gasteiger partial charge in [0.1, 0.15) is 11.6 Å². The number of nitrogens with one attached hydrogen (secondary N) is 1. The Labute approximate surface area is 78.0 Å². The van der Waals surface area contributed by atoms with Gasteiger partial charge in [-0.05, 0) is 18.6 Å². The zero-order valence-corrected chi connectivity index (χ0v) is 7.71. The van der Waals surface area contributed by atoms with Gasteiger partial charge in [0.15, 0.2) is 0 Å². The van der Waals surface area contributed by atoms with Gasteiger partial charge in [0.05, 0.1) is 12.2 Å². The predicted octanol–water partition coefficient (Wildman–Crippen LogP) is 1.76. The lowest BCUT2D eigenvalue weighted by Gasteiger charge is -2.08. The van der Waals surface area contributed by atoms with Gasteiger partial charge in [0.25, 0.3) is 0 Å². The topological polar surface area (TPSA) is 59.1 Å². The molecule has 0 heterocycles. The lowest BCUT2D eigenvalue weighted by Crippen LogP contribution is -2.13. The molecule has 1 aromatic rings. The molecule has 0 unspecified atom stereocenters. The van der Waals surface area contributed by atoms with E-state index in [1.54, 1.807) is 6.07 Å². The second-order valence-electron chi connectivity index (χ2n) is 2.76. The third kappa shape index (κ3) is 2.47. The summed E-state index contributed by atoms with van der Waals surface area (Å²) in [5.74, 6) is 0.739. The minimum Gasteiger partial charge on any atom is -0.493 e. The average Bonchev–Trinajstić information content (AvgIpc) is 2.15. The van der Waals surface area contributed by atoms with Crippen molar-refractivity contribution in [1.29, 1.82) is 5.41 Å². The summed E-state index contributed by atoms with van der Waals surface area (Å²) in [7, 11) is 0. The summed E-state index contributed by atoms with van der Waals surface area (Å²) >= 11 is 0. The maximum atomic E-state index is 7.31. The lowest BCUT2D eigenvalue weighted by atomic mass is 10.3. The van der Waals surface area contributed by atoms with E-state index in [0.717, 1.165) is 6.42 Å². The van der Waals surface area contributed by atoms with Crippen LogP contribution in [-0.2, 0) is 0 Å². The van der Waals surface area contributed by atoms with E-state index in [2.05, 4.69) is 0 Å². The molecule has 0 atom stereocenters. The first-order valence-electron chi connectivity index (χ1n) is 4.32. The highest BCUT2D eigenvalue weighted by atomic mass is 16.5. The monoisotopic (exact) mass is 180 g/mol. The molecule has 0 saturated heterocycles. The molecule has 0 aromatic heterocycles. The van der Waals surface area contributed by atoms with Gasteiger partial charge in [-0.2, -0.15) is 0 Å². The number of para-hydroxylation sites is 1. The van der Waals surface area contributed by atoms with Gasteiger partial charge in [-0.3, -0.25) is 5.41 Å². The first-order valence-corrected chi connectivity index (χ1v) is 4.32. The largest absolute Gasteiger partial charge is 0.493 e.